The highest BCUT2D eigenvalue weighted by atomic mass is 35.5. The second-order valence-corrected chi connectivity index (χ2v) is 6.60. The van der Waals surface area contributed by atoms with E-state index in [-0.39, 0.29) is 24.3 Å². The summed E-state index contributed by atoms with van der Waals surface area (Å²) in [5.74, 6) is 0.893. The quantitative estimate of drug-likeness (QED) is 0.840. The minimum absolute atomic E-state index is 0.0465. The lowest BCUT2D eigenvalue weighted by Crippen LogP contribution is -2.46. The fraction of sp³-hybridized carbons (Fsp3) is 0.368. The van der Waals surface area contributed by atoms with Gasteiger partial charge in [-0.15, -0.1) is 0 Å². The molecule has 0 unspecified atom stereocenters. The monoisotopic (exact) mass is 376 g/mol. The van der Waals surface area contributed by atoms with E-state index in [1.165, 1.54) is 6.26 Å². The molecule has 26 heavy (non-hydrogen) atoms. The van der Waals surface area contributed by atoms with Crippen LogP contribution in [0.3, 0.4) is 0 Å². The summed E-state index contributed by atoms with van der Waals surface area (Å²) in [5.41, 5.74) is 0. The molecule has 1 aliphatic heterocycles. The summed E-state index contributed by atoms with van der Waals surface area (Å²) in [6.45, 7) is 1.51. The zero-order valence-corrected chi connectivity index (χ0v) is 15.1. The fourth-order valence-electron chi connectivity index (χ4n) is 2.88. The molecule has 2 amide bonds. The van der Waals surface area contributed by atoms with E-state index in [1.807, 2.05) is 0 Å². The SMILES string of the molecule is O=C(CCOc1ccc(Cl)cc1)NC1CCN(C(=O)c2ccco2)CC1. The summed E-state index contributed by atoms with van der Waals surface area (Å²) in [5, 5.41) is 3.65. The number of ether oxygens (including phenoxy) is 1. The van der Waals surface area contributed by atoms with Gasteiger partial charge in [0.05, 0.1) is 19.3 Å². The fourth-order valence-corrected chi connectivity index (χ4v) is 3.00. The number of hydrogen-bond acceptors (Lipinski definition) is 4. The largest absolute Gasteiger partial charge is 0.493 e. The number of furan rings is 1. The van der Waals surface area contributed by atoms with Gasteiger partial charge in [0.25, 0.3) is 5.91 Å². The molecule has 0 saturated carbocycles. The number of carbonyl (C=O) groups is 2. The maximum absolute atomic E-state index is 12.2. The highest BCUT2D eigenvalue weighted by molar-refractivity contribution is 6.30. The Labute approximate surface area is 157 Å². The average Bonchev–Trinajstić information content (AvgIpc) is 3.18. The number of piperidine rings is 1. The van der Waals surface area contributed by atoms with Gasteiger partial charge in [-0.2, -0.15) is 0 Å². The van der Waals surface area contributed by atoms with Crippen LogP contribution in [0.5, 0.6) is 5.75 Å². The number of nitrogens with one attached hydrogen (secondary N) is 1. The third-order valence-electron chi connectivity index (χ3n) is 4.29. The van der Waals surface area contributed by atoms with E-state index in [9.17, 15) is 9.59 Å². The van der Waals surface area contributed by atoms with Crippen LogP contribution in [0.4, 0.5) is 0 Å². The van der Waals surface area contributed by atoms with Gasteiger partial charge < -0.3 is 19.4 Å². The summed E-state index contributed by atoms with van der Waals surface area (Å²) in [6.07, 6.45) is 3.24. The Hall–Kier alpha value is -2.47. The van der Waals surface area contributed by atoms with Crippen molar-refractivity contribution in [1.82, 2.24) is 10.2 Å². The van der Waals surface area contributed by atoms with E-state index in [0.717, 1.165) is 12.8 Å². The first-order valence-corrected chi connectivity index (χ1v) is 9.00. The smallest absolute Gasteiger partial charge is 0.289 e. The van der Waals surface area contributed by atoms with Gasteiger partial charge in [-0.25, -0.2) is 0 Å². The van der Waals surface area contributed by atoms with Crippen molar-refractivity contribution >= 4 is 23.4 Å². The highest BCUT2D eigenvalue weighted by Gasteiger charge is 2.25. The molecule has 2 aromatic rings. The molecule has 0 atom stereocenters. The molecule has 138 valence electrons. The van der Waals surface area contributed by atoms with Crippen molar-refractivity contribution in [1.29, 1.82) is 0 Å². The van der Waals surface area contributed by atoms with Crippen molar-refractivity contribution in [3.63, 3.8) is 0 Å². The van der Waals surface area contributed by atoms with Gasteiger partial charge in [0.2, 0.25) is 5.91 Å². The number of nitrogens with zero attached hydrogens (tertiary/aromatic N) is 1. The molecule has 1 aliphatic rings. The van der Waals surface area contributed by atoms with Crippen LogP contribution in [0.15, 0.2) is 47.1 Å². The summed E-state index contributed by atoms with van der Waals surface area (Å²) in [4.78, 5) is 26.0. The number of carbonyl (C=O) groups excluding carboxylic acids is 2. The number of likely N-dealkylation sites (tertiary alicyclic amines) is 1. The molecule has 0 radical (unpaired) electrons. The molecular formula is C19H21ClN2O4. The summed E-state index contributed by atoms with van der Waals surface area (Å²) >= 11 is 5.81. The van der Waals surface area contributed by atoms with Crippen LogP contribution in [0.1, 0.15) is 29.8 Å². The van der Waals surface area contributed by atoms with E-state index in [2.05, 4.69) is 5.32 Å². The lowest BCUT2D eigenvalue weighted by molar-refractivity contribution is -0.122. The average molecular weight is 377 g/mol. The van der Waals surface area contributed by atoms with Crippen LogP contribution < -0.4 is 10.1 Å². The third kappa shape index (κ3) is 5.02. The first-order chi connectivity index (χ1) is 12.6. The minimum Gasteiger partial charge on any atom is -0.493 e. The van der Waals surface area contributed by atoms with E-state index in [4.69, 9.17) is 20.8 Å². The molecule has 1 aromatic heterocycles. The number of amides is 2. The Morgan fingerprint density at radius 3 is 2.58 bits per heavy atom. The third-order valence-corrected chi connectivity index (χ3v) is 4.54. The van der Waals surface area contributed by atoms with Crippen molar-refractivity contribution in [2.75, 3.05) is 19.7 Å². The van der Waals surface area contributed by atoms with Gasteiger partial charge in [0.15, 0.2) is 5.76 Å². The summed E-state index contributed by atoms with van der Waals surface area (Å²) in [7, 11) is 0. The molecule has 0 spiro atoms. The zero-order valence-electron chi connectivity index (χ0n) is 14.3. The molecule has 7 heteroatoms. The highest BCUT2D eigenvalue weighted by Crippen LogP contribution is 2.16. The number of benzene rings is 1. The Morgan fingerprint density at radius 2 is 1.92 bits per heavy atom. The normalized spacial score (nSPS) is 14.9. The van der Waals surface area contributed by atoms with Crippen LogP contribution >= 0.6 is 11.6 Å². The molecule has 1 saturated heterocycles. The van der Waals surface area contributed by atoms with Gasteiger partial charge >= 0.3 is 0 Å². The first kappa shape index (κ1) is 18.3. The van der Waals surface area contributed by atoms with Gasteiger partial charge in [-0.05, 0) is 49.2 Å². The van der Waals surface area contributed by atoms with E-state index in [1.54, 1.807) is 41.3 Å². The standard InChI is InChI=1S/C19H21ClN2O4/c20-14-3-5-16(6-4-14)25-13-9-18(23)21-15-7-10-22(11-8-15)19(24)17-2-1-12-26-17/h1-6,12,15H,7-11,13H2,(H,21,23). The van der Waals surface area contributed by atoms with Crippen LogP contribution in [-0.4, -0.2) is 42.5 Å². The van der Waals surface area contributed by atoms with Crippen LogP contribution in [0, 0.1) is 0 Å². The van der Waals surface area contributed by atoms with Gasteiger partial charge in [0, 0.05) is 24.2 Å². The Morgan fingerprint density at radius 1 is 1.19 bits per heavy atom. The molecule has 1 N–H and O–H groups in total. The van der Waals surface area contributed by atoms with E-state index in [0.29, 0.717) is 36.2 Å². The topological polar surface area (TPSA) is 71.8 Å². The maximum Gasteiger partial charge on any atom is 0.289 e. The predicted octanol–water partition coefficient (Wildman–Crippen LogP) is 3.12. The second-order valence-electron chi connectivity index (χ2n) is 6.16. The molecule has 0 bridgehead atoms. The van der Waals surface area contributed by atoms with Gasteiger partial charge in [-0.1, -0.05) is 11.6 Å². The Balaban J connectivity index is 1.35. The van der Waals surface area contributed by atoms with Crippen molar-refractivity contribution in [3.8, 4) is 5.75 Å². The predicted molar refractivity (Wildman–Crippen MR) is 97.3 cm³/mol. The van der Waals surface area contributed by atoms with Crippen molar-refractivity contribution < 1.29 is 18.7 Å². The van der Waals surface area contributed by atoms with E-state index < -0.39 is 0 Å². The number of hydrogen-bond donors (Lipinski definition) is 1. The molecule has 2 heterocycles. The summed E-state index contributed by atoms with van der Waals surface area (Å²) in [6, 6.07) is 10.5. The number of rotatable bonds is 6. The Kier molecular flexibility index (Phi) is 6.17. The van der Waals surface area contributed by atoms with Crippen LogP contribution in [-0.2, 0) is 4.79 Å². The van der Waals surface area contributed by atoms with Gasteiger partial charge in [-0.3, -0.25) is 9.59 Å². The zero-order chi connectivity index (χ0) is 18.4. The molecular weight excluding hydrogens is 356 g/mol. The van der Waals surface area contributed by atoms with Crippen molar-refractivity contribution in [2.45, 2.75) is 25.3 Å². The van der Waals surface area contributed by atoms with Gasteiger partial charge in [0.1, 0.15) is 5.75 Å². The van der Waals surface area contributed by atoms with Crippen molar-refractivity contribution in [3.05, 3.63) is 53.4 Å². The van der Waals surface area contributed by atoms with Crippen LogP contribution in [0.25, 0.3) is 0 Å². The lowest BCUT2D eigenvalue weighted by atomic mass is 10.0. The molecule has 1 aromatic carbocycles. The lowest BCUT2D eigenvalue weighted by Gasteiger charge is -2.31. The Bertz CT molecular complexity index is 723. The molecule has 0 aliphatic carbocycles. The number of halogens is 1. The molecule has 1 fully saturated rings. The summed E-state index contributed by atoms with van der Waals surface area (Å²) < 4.78 is 10.7. The maximum atomic E-state index is 12.2. The van der Waals surface area contributed by atoms with Crippen molar-refractivity contribution in [2.24, 2.45) is 0 Å². The molecule has 3 rings (SSSR count). The minimum atomic E-state index is -0.101. The second kappa shape index (κ2) is 8.76. The first-order valence-electron chi connectivity index (χ1n) is 8.62. The van der Waals surface area contributed by atoms with Crippen LogP contribution in [0.2, 0.25) is 5.02 Å². The molecule has 6 nitrogen and oxygen atoms in total. The van der Waals surface area contributed by atoms with E-state index >= 15 is 0 Å².